The van der Waals surface area contributed by atoms with Gasteiger partial charge in [0.25, 0.3) is 5.91 Å². The highest BCUT2D eigenvalue weighted by molar-refractivity contribution is 6.31. The number of hydrogen-bond acceptors (Lipinski definition) is 4. The Morgan fingerprint density at radius 2 is 2.42 bits per heavy atom. The normalized spacial score (nSPS) is 19.3. The minimum absolute atomic E-state index is 0.101. The second-order valence-corrected chi connectivity index (χ2v) is 4.71. The summed E-state index contributed by atoms with van der Waals surface area (Å²) >= 11 is 5.92. The van der Waals surface area contributed by atoms with Crippen molar-refractivity contribution in [3.63, 3.8) is 0 Å². The van der Waals surface area contributed by atoms with Crippen LogP contribution in [0.3, 0.4) is 0 Å². The van der Waals surface area contributed by atoms with E-state index in [1.54, 1.807) is 23.1 Å². The molecule has 19 heavy (non-hydrogen) atoms. The number of morpholine rings is 1. The van der Waals surface area contributed by atoms with Gasteiger partial charge in [-0.25, -0.2) is 0 Å². The molecule has 1 atom stereocenters. The molecule has 1 aliphatic heterocycles. The quantitative estimate of drug-likeness (QED) is 0.906. The number of nitrogens with zero attached hydrogens (tertiary/aromatic N) is 1. The summed E-state index contributed by atoms with van der Waals surface area (Å²) in [6.07, 6.45) is -0.331. The first-order chi connectivity index (χ1) is 9.15. The Balaban J connectivity index is 2.21. The smallest absolute Gasteiger partial charge is 0.257 e. The fourth-order valence-corrected chi connectivity index (χ4v) is 2.20. The zero-order valence-corrected chi connectivity index (χ0v) is 11.4. The standard InChI is InChI=1S/C13H16ClNO4/c1-18-12-3-2-9(14)6-11(12)13(17)15-4-5-19-10(7-15)8-16/h2-3,6,10,16H,4-5,7-8H2,1H3. The maximum atomic E-state index is 12.4. The number of ether oxygens (including phenoxy) is 2. The number of methoxy groups -OCH3 is 1. The Kier molecular flexibility index (Phi) is 4.63. The van der Waals surface area contributed by atoms with Crippen molar-refractivity contribution in [2.24, 2.45) is 0 Å². The molecule has 1 unspecified atom stereocenters. The molecule has 0 aliphatic carbocycles. The third-order valence-corrected chi connectivity index (χ3v) is 3.26. The first-order valence-corrected chi connectivity index (χ1v) is 6.38. The van der Waals surface area contributed by atoms with Gasteiger partial charge >= 0.3 is 0 Å². The SMILES string of the molecule is COc1ccc(Cl)cc1C(=O)N1CCOC(CO)C1. The van der Waals surface area contributed by atoms with E-state index >= 15 is 0 Å². The highest BCUT2D eigenvalue weighted by atomic mass is 35.5. The second-order valence-electron chi connectivity index (χ2n) is 4.27. The zero-order valence-electron chi connectivity index (χ0n) is 10.6. The van der Waals surface area contributed by atoms with Crippen LogP contribution in [-0.2, 0) is 4.74 Å². The highest BCUT2D eigenvalue weighted by Gasteiger charge is 2.26. The van der Waals surface area contributed by atoms with Gasteiger partial charge in [-0.05, 0) is 18.2 Å². The van der Waals surface area contributed by atoms with Crippen LogP contribution in [0, 0.1) is 0 Å². The third-order valence-electron chi connectivity index (χ3n) is 3.02. The molecule has 0 aromatic heterocycles. The fraction of sp³-hybridized carbons (Fsp3) is 0.462. The predicted octanol–water partition coefficient (Wildman–Crippen LogP) is 1.18. The minimum Gasteiger partial charge on any atom is -0.496 e. The Morgan fingerprint density at radius 3 is 3.11 bits per heavy atom. The summed E-state index contributed by atoms with van der Waals surface area (Å²) in [4.78, 5) is 14.1. The number of amides is 1. The van der Waals surface area contributed by atoms with E-state index in [1.165, 1.54) is 7.11 Å². The van der Waals surface area contributed by atoms with Crippen LogP contribution < -0.4 is 4.74 Å². The maximum Gasteiger partial charge on any atom is 0.257 e. The number of aliphatic hydroxyl groups is 1. The second kappa shape index (κ2) is 6.23. The summed E-state index contributed by atoms with van der Waals surface area (Å²) in [6.45, 7) is 1.17. The van der Waals surface area contributed by atoms with Crippen molar-refractivity contribution in [2.45, 2.75) is 6.10 Å². The average molecular weight is 286 g/mol. The third kappa shape index (κ3) is 3.18. The molecule has 1 amide bonds. The lowest BCUT2D eigenvalue weighted by atomic mass is 10.1. The average Bonchev–Trinajstić information content (AvgIpc) is 2.46. The molecule has 104 valence electrons. The van der Waals surface area contributed by atoms with Crippen molar-refractivity contribution in [3.05, 3.63) is 28.8 Å². The van der Waals surface area contributed by atoms with Crippen molar-refractivity contribution < 1.29 is 19.4 Å². The van der Waals surface area contributed by atoms with Gasteiger partial charge in [0, 0.05) is 18.1 Å². The van der Waals surface area contributed by atoms with E-state index in [-0.39, 0.29) is 18.6 Å². The summed E-state index contributed by atoms with van der Waals surface area (Å²) in [7, 11) is 1.51. The molecule has 1 N–H and O–H groups in total. The molecule has 0 bridgehead atoms. The first-order valence-electron chi connectivity index (χ1n) is 6.01. The lowest BCUT2D eigenvalue weighted by molar-refractivity contribution is -0.0447. The maximum absolute atomic E-state index is 12.4. The van der Waals surface area contributed by atoms with Crippen molar-refractivity contribution in [3.8, 4) is 5.75 Å². The summed E-state index contributed by atoms with van der Waals surface area (Å²) in [6, 6.07) is 4.93. The highest BCUT2D eigenvalue weighted by Crippen LogP contribution is 2.24. The molecule has 5 nitrogen and oxygen atoms in total. The molecule has 0 radical (unpaired) electrons. The number of carbonyl (C=O) groups excluding carboxylic acids is 1. The molecular formula is C13H16ClNO4. The van der Waals surface area contributed by atoms with Crippen molar-refractivity contribution in [1.29, 1.82) is 0 Å². The predicted molar refractivity (Wildman–Crippen MR) is 70.7 cm³/mol. The summed E-state index contributed by atoms with van der Waals surface area (Å²) in [5.74, 6) is 0.322. The van der Waals surface area contributed by atoms with Gasteiger partial charge < -0.3 is 19.5 Å². The van der Waals surface area contributed by atoms with Crippen LogP contribution in [-0.4, -0.2) is 55.4 Å². The Bertz CT molecular complexity index is 466. The van der Waals surface area contributed by atoms with Crippen LogP contribution in [0.4, 0.5) is 0 Å². The molecule has 1 aromatic carbocycles. The molecule has 0 spiro atoms. The molecule has 0 saturated carbocycles. The van der Waals surface area contributed by atoms with Crippen molar-refractivity contribution in [2.75, 3.05) is 33.4 Å². The number of hydrogen-bond donors (Lipinski definition) is 1. The van der Waals surface area contributed by atoms with E-state index in [2.05, 4.69) is 0 Å². The summed E-state index contributed by atoms with van der Waals surface area (Å²) in [5, 5.41) is 9.58. The molecule has 2 rings (SSSR count). The molecule has 1 fully saturated rings. The van der Waals surface area contributed by atoms with Gasteiger partial charge in [0.05, 0.1) is 32.0 Å². The van der Waals surface area contributed by atoms with E-state index < -0.39 is 0 Å². The zero-order chi connectivity index (χ0) is 13.8. The number of halogens is 1. The van der Waals surface area contributed by atoms with Gasteiger partial charge in [0.1, 0.15) is 5.75 Å². The van der Waals surface area contributed by atoms with Crippen LogP contribution in [0.25, 0.3) is 0 Å². The van der Waals surface area contributed by atoms with E-state index in [4.69, 9.17) is 26.2 Å². The van der Waals surface area contributed by atoms with Crippen LogP contribution in [0.2, 0.25) is 5.02 Å². The van der Waals surface area contributed by atoms with Crippen LogP contribution in [0.15, 0.2) is 18.2 Å². The number of rotatable bonds is 3. The van der Waals surface area contributed by atoms with Crippen molar-refractivity contribution in [1.82, 2.24) is 4.90 Å². The van der Waals surface area contributed by atoms with Crippen LogP contribution >= 0.6 is 11.6 Å². The van der Waals surface area contributed by atoms with Gasteiger partial charge in [-0.3, -0.25) is 4.79 Å². The summed E-state index contributed by atoms with van der Waals surface area (Å²) < 4.78 is 10.5. The monoisotopic (exact) mass is 285 g/mol. The molecule has 1 saturated heterocycles. The molecule has 1 aliphatic rings. The van der Waals surface area contributed by atoms with E-state index in [0.29, 0.717) is 36.0 Å². The first kappa shape index (κ1) is 14.1. The lowest BCUT2D eigenvalue weighted by Gasteiger charge is -2.32. The van der Waals surface area contributed by atoms with Gasteiger partial charge in [0.2, 0.25) is 0 Å². The minimum atomic E-state index is -0.331. The van der Waals surface area contributed by atoms with Gasteiger partial charge in [0.15, 0.2) is 0 Å². The topological polar surface area (TPSA) is 59.0 Å². The molecule has 1 heterocycles. The molecular weight excluding hydrogens is 270 g/mol. The Morgan fingerprint density at radius 1 is 1.63 bits per heavy atom. The Hall–Kier alpha value is -1.30. The molecule has 1 aromatic rings. The summed E-state index contributed by atoms with van der Waals surface area (Å²) in [5.41, 5.74) is 0.425. The van der Waals surface area contributed by atoms with Crippen LogP contribution in [0.1, 0.15) is 10.4 Å². The number of benzene rings is 1. The van der Waals surface area contributed by atoms with Gasteiger partial charge in [-0.2, -0.15) is 0 Å². The van der Waals surface area contributed by atoms with Crippen molar-refractivity contribution >= 4 is 17.5 Å². The van der Waals surface area contributed by atoms with Crippen LogP contribution in [0.5, 0.6) is 5.75 Å². The number of carbonyl (C=O) groups is 1. The molecule has 6 heteroatoms. The number of aliphatic hydroxyl groups excluding tert-OH is 1. The fourth-order valence-electron chi connectivity index (χ4n) is 2.03. The Labute approximate surface area is 116 Å². The van der Waals surface area contributed by atoms with E-state index in [0.717, 1.165) is 0 Å². The van der Waals surface area contributed by atoms with E-state index in [1.807, 2.05) is 0 Å². The van der Waals surface area contributed by atoms with E-state index in [9.17, 15) is 4.79 Å². The van der Waals surface area contributed by atoms with Gasteiger partial charge in [-0.1, -0.05) is 11.6 Å². The lowest BCUT2D eigenvalue weighted by Crippen LogP contribution is -2.47. The van der Waals surface area contributed by atoms with Gasteiger partial charge in [-0.15, -0.1) is 0 Å². The largest absolute Gasteiger partial charge is 0.496 e.